The minimum absolute atomic E-state index is 0.181. The van der Waals surface area contributed by atoms with E-state index >= 15 is 0 Å². The molecule has 11 heteroatoms. The Kier molecular flexibility index (Phi) is 6.84. The second-order valence-electron chi connectivity index (χ2n) is 7.91. The fourth-order valence-corrected chi connectivity index (χ4v) is 5.07. The Morgan fingerprint density at radius 1 is 1.18 bits per heavy atom. The summed E-state index contributed by atoms with van der Waals surface area (Å²) in [5, 5.41) is 2.88. The average molecular weight is 481 g/mol. The first-order valence-corrected chi connectivity index (χ1v) is 12.4. The number of benzene rings is 1. The molecule has 3 aromatic rings. The second kappa shape index (κ2) is 9.64. The fourth-order valence-electron chi connectivity index (χ4n) is 3.76. The smallest absolute Gasteiger partial charge is 0.270 e. The van der Waals surface area contributed by atoms with Crippen LogP contribution in [0, 0.1) is 18.6 Å². The van der Waals surface area contributed by atoms with Crippen molar-refractivity contribution in [2.45, 2.75) is 13.5 Å². The van der Waals surface area contributed by atoms with Crippen LogP contribution < -0.4 is 10.1 Å². The van der Waals surface area contributed by atoms with E-state index in [2.05, 4.69) is 15.2 Å². The van der Waals surface area contributed by atoms with Crippen molar-refractivity contribution >= 4 is 22.1 Å². The van der Waals surface area contributed by atoms with E-state index in [1.165, 1.54) is 18.2 Å². The number of carbonyl (C=O) groups is 1. The number of ether oxygens (including phenoxy) is 1. The van der Waals surface area contributed by atoms with Gasteiger partial charge in [0.1, 0.15) is 23.9 Å². The Morgan fingerprint density at radius 3 is 2.58 bits per heavy atom. The van der Waals surface area contributed by atoms with Crippen molar-refractivity contribution in [3.05, 3.63) is 65.1 Å². The summed E-state index contributed by atoms with van der Waals surface area (Å²) in [6.45, 7) is 3.54. The van der Waals surface area contributed by atoms with Gasteiger partial charge in [-0.25, -0.2) is 13.8 Å². The Balaban J connectivity index is 1.43. The summed E-state index contributed by atoms with van der Waals surface area (Å²) < 4.78 is 54.5. The van der Waals surface area contributed by atoms with Crippen LogP contribution in [0.3, 0.4) is 0 Å². The summed E-state index contributed by atoms with van der Waals surface area (Å²) in [6, 6.07) is 6.92. The van der Waals surface area contributed by atoms with Crippen LogP contribution in [0.15, 0.2) is 36.5 Å². The third-order valence-corrected chi connectivity index (χ3v) is 7.29. The van der Waals surface area contributed by atoms with Gasteiger partial charge in [0.25, 0.3) is 5.91 Å². The lowest BCUT2D eigenvalue weighted by Crippen LogP contribution is -2.42. The van der Waals surface area contributed by atoms with E-state index in [1.807, 2.05) is 0 Å². The van der Waals surface area contributed by atoms with Crippen molar-refractivity contribution < 1.29 is 27.4 Å². The van der Waals surface area contributed by atoms with Crippen molar-refractivity contribution in [1.29, 1.82) is 0 Å². The van der Waals surface area contributed by atoms with E-state index in [0.717, 1.165) is 0 Å². The Bertz CT molecular complexity index is 1140. The number of carbonyl (C=O) groups excluding carboxylic acids is 1. The zero-order valence-electron chi connectivity index (χ0n) is 18.1. The maximum atomic E-state index is 13.9. The molecule has 0 aliphatic carbocycles. The second-order valence-corrected chi connectivity index (χ2v) is 10.3. The van der Waals surface area contributed by atoms with Gasteiger partial charge < -0.3 is 10.1 Å². The molecule has 4 rings (SSSR count). The number of fused-ring (bicyclic) bond motifs is 1. The number of hydrogen-bond donors (Lipinski definition) is 3. The van der Waals surface area contributed by atoms with Crippen LogP contribution in [0.25, 0.3) is 5.65 Å². The molecule has 1 amide bonds. The van der Waals surface area contributed by atoms with E-state index in [9.17, 15) is 22.7 Å². The third kappa shape index (κ3) is 5.27. The molecule has 8 nitrogen and oxygen atoms in total. The highest BCUT2D eigenvalue weighted by atomic mass is 32.3. The molecule has 1 aromatic carbocycles. The highest BCUT2D eigenvalue weighted by Crippen LogP contribution is 2.40. The van der Waals surface area contributed by atoms with Crippen LogP contribution in [0.2, 0.25) is 0 Å². The highest BCUT2D eigenvalue weighted by Gasteiger charge is 2.23. The number of aromatic nitrogens is 2. The molecule has 3 heterocycles. The van der Waals surface area contributed by atoms with Gasteiger partial charge in [0.15, 0.2) is 11.4 Å². The monoisotopic (exact) mass is 480 g/mol. The minimum atomic E-state index is -2.45. The first-order chi connectivity index (χ1) is 15.7. The van der Waals surface area contributed by atoms with Gasteiger partial charge >= 0.3 is 0 Å². The summed E-state index contributed by atoms with van der Waals surface area (Å²) in [5.41, 5.74) is 1.03. The molecule has 0 spiro atoms. The van der Waals surface area contributed by atoms with Crippen LogP contribution in [0.1, 0.15) is 21.7 Å². The normalized spacial score (nSPS) is 17.1. The first kappa shape index (κ1) is 23.4. The average Bonchev–Trinajstić information content (AvgIpc) is 3.11. The maximum Gasteiger partial charge on any atom is 0.270 e. The summed E-state index contributed by atoms with van der Waals surface area (Å²) in [6.07, 6.45) is 1.68. The van der Waals surface area contributed by atoms with Crippen LogP contribution >= 0.6 is 10.6 Å². The number of rotatable bonds is 7. The molecule has 33 heavy (non-hydrogen) atoms. The minimum Gasteiger partial charge on any atom is -0.485 e. The molecular weight excluding hydrogens is 454 g/mol. The highest BCUT2D eigenvalue weighted by molar-refractivity contribution is 8.24. The van der Waals surface area contributed by atoms with Crippen LogP contribution in [0.5, 0.6) is 5.75 Å². The summed E-state index contributed by atoms with van der Waals surface area (Å²) in [4.78, 5) is 19.4. The first-order valence-electron chi connectivity index (χ1n) is 10.5. The summed E-state index contributed by atoms with van der Waals surface area (Å²) in [5.74, 6) is -0.687. The number of hydrogen-bond acceptors (Lipinski definition) is 6. The Hall–Kier alpha value is -2.73. The van der Waals surface area contributed by atoms with Gasteiger partial charge in [-0.05, 0) is 31.2 Å². The molecule has 1 saturated heterocycles. The topological polar surface area (TPSA) is 99.3 Å². The number of nitrogens with one attached hydrogen (secondary N) is 1. The van der Waals surface area contributed by atoms with Gasteiger partial charge in [-0.1, -0.05) is 6.07 Å². The van der Waals surface area contributed by atoms with Gasteiger partial charge in [0.05, 0.1) is 22.8 Å². The largest absolute Gasteiger partial charge is 0.485 e. The van der Waals surface area contributed by atoms with Crippen LogP contribution in [0.4, 0.5) is 8.78 Å². The summed E-state index contributed by atoms with van der Waals surface area (Å²) >= 11 is 0. The molecule has 1 fully saturated rings. The van der Waals surface area contributed by atoms with Gasteiger partial charge in [-0.2, -0.15) is 10.6 Å². The van der Waals surface area contributed by atoms with Crippen molar-refractivity contribution in [2.75, 3.05) is 37.7 Å². The van der Waals surface area contributed by atoms with Crippen molar-refractivity contribution in [2.24, 2.45) is 0 Å². The molecule has 1 aliphatic rings. The fraction of sp³-hybridized carbons (Fsp3) is 0.364. The van der Waals surface area contributed by atoms with Gasteiger partial charge in [0, 0.05) is 32.4 Å². The van der Waals surface area contributed by atoms with E-state index in [-0.39, 0.29) is 18.1 Å². The third-order valence-electron chi connectivity index (χ3n) is 5.62. The zero-order valence-corrected chi connectivity index (χ0v) is 18.9. The molecule has 0 atom stereocenters. The van der Waals surface area contributed by atoms with E-state index < -0.39 is 22.2 Å². The molecular formula is C22H26F2N4O4S. The molecule has 0 saturated carbocycles. The Labute approximate surface area is 191 Å². The Morgan fingerprint density at radius 2 is 1.88 bits per heavy atom. The molecule has 1 aliphatic heterocycles. The number of nitrogens with zero attached hydrogens (tertiary/aromatic N) is 3. The molecule has 178 valence electrons. The molecule has 2 aromatic heterocycles. The molecule has 3 N–H and O–H groups in total. The lowest BCUT2D eigenvalue weighted by molar-refractivity contribution is 0.0942. The number of halogens is 2. The maximum absolute atomic E-state index is 13.9. The lowest BCUT2D eigenvalue weighted by atomic mass is 10.2. The predicted octanol–water partition coefficient (Wildman–Crippen LogP) is 3.30. The van der Waals surface area contributed by atoms with Crippen LogP contribution in [-0.2, 0) is 6.61 Å². The van der Waals surface area contributed by atoms with E-state index in [1.54, 1.807) is 29.7 Å². The standard InChI is InChI=1S/C22H26F2N4O4S/c1-15-20(22(29)25-7-9-27-10-12-33(30,31)13-11-27)28-8-3-6-19(21(28)26-15)32-14-16-17(23)4-2-5-18(16)24/h2-6,8,30-31H,7,9-14H2,1H3,(H,25,29). The van der Waals surface area contributed by atoms with Gasteiger partial charge in [0.2, 0.25) is 0 Å². The molecule has 0 bridgehead atoms. The quantitative estimate of drug-likeness (QED) is 0.480. The van der Waals surface area contributed by atoms with E-state index in [4.69, 9.17) is 4.74 Å². The number of imidazole rings is 1. The van der Waals surface area contributed by atoms with Crippen molar-refractivity contribution in [3.63, 3.8) is 0 Å². The zero-order chi connectivity index (χ0) is 23.6. The molecule has 0 unspecified atom stereocenters. The van der Waals surface area contributed by atoms with Crippen LogP contribution in [-0.4, -0.2) is 67.0 Å². The number of aryl methyl sites for hydroxylation is 1. The van der Waals surface area contributed by atoms with Crippen molar-refractivity contribution in [1.82, 2.24) is 19.6 Å². The number of amides is 1. The van der Waals surface area contributed by atoms with Gasteiger partial charge in [-0.3, -0.25) is 23.2 Å². The van der Waals surface area contributed by atoms with Crippen molar-refractivity contribution in [3.8, 4) is 5.75 Å². The summed E-state index contributed by atoms with van der Waals surface area (Å²) in [7, 11) is -2.45. The SMILES string of the molecule is Cc1nc2c(OCc3c(F)cccc3F)cccn2c1C(=O)NCCN1CCS(O)(O)CC1. The van der Waals surface area contributed by atoms with E-state index in [0.29, 0.717) is 60.5 Å². The lowest BCUT2D eigenvalue weighted by Gasteiger charge is -2.40. The predicted molar refractivity (Wildman–Crippen MR) is 122 cm³/mol. The molecule has 0 radical (unpaired) electrons. The van der Waals surface area contributed by atoms with Gasteiger partial charge in [-0.15, -0.1) is 0 Å². The number of pyridine rings is 1.